The number of hydrogen-bond donors (Lipinski definition) is 3. The molecule has 0 radical (unpaired) electrons. The van der Waals surface area contributed by atoms with Crippen molar-refractivity contribution in [2.24, 2.45) is 5.92 Å². The summed E-state index contributed by atoms with van der Waals surface area (Å²) in [6, 6.07) is 0. The normalized spacial score (nSPS) is 21.3. The maximum atomic E-state index is 9.49. The molecule has 0 fully saturated rings. The first-order chi connectivity index (χ1) is 6.75. The molecule has 1 aliphatic carbocycles. The summed E-state index contributed by atoms with van der Waals surface area (Å²) in [6.45, 7) is 0. The first kappa shape index (κ1) is 9.52. The van der Waals surface area contributed by atoms with Crippen LogP contribution >= 0.6 is 12.2 Å². The van der Waals surface area contributed by atoms with Crippen molar-refractivity contribution in [3.05, 3.63) is 22.6 Å². The number of aromatic nitrogens is 2. The van der Waals surface area contributed by atoms with E-state index < -0.39 is 0 Å². The van der Waals surface area contributed by atoms with Gasteiger partial charge in [0.1, 0.15) is 0 Å². The highest BCUT2D eigenvalue weighted by molar-refractivity contribution is 7.71. The number of aromatic amines is 2. The summed E-state index contributed by atoms with van der Waals surface area (Å²) in [4.78, 5) is 5.67. The molecule has 0 bridgehead atoms. The molecule has 3 N–H and O–H groups in total. The first-order valence-electron chi connectivity index (χ1n) is 4.91. The monoisotopic (exact) mass is 210 g/mol. The van der Waals surface area contributed by atoms with Crippen molar-refractivity contribution in [3.63, 3.8) is 0 Å². The van der Waals surface area contributed by atoms with Gasteiger partial charge in [0.25, 0.3) is 0 Å². The maximum absolute atomic E-state index is 9.49. The van der Waals surface area contributed by atoms with Crippen LogP contribution in [0, 0.1) is 10.7 Å². The van der Waals surface area contributed by atoms with E-state index in [0.29, 0.717) is 10.7 Å². The average molecular weight is 210 g/mol. The van der Waals surface area contributed by atoms with Crippen LogP contribution < -0.4 is 0 Å². The Hall–Kier alpha value is -1.03. The highest BCUT2D eigenvalue weighted by Crippen LogP contribution is 2.24. The SMILES string of the molecule is Oc1[nH]c(=S)[nH]c1CC1CC=CCC1. The zero-order chi connectivity index (χ0) is 9.97. The van der Waals surface area contributed by atoms with E-state index >= 15 is 0 Å². The van der Waals surface area contributed by atoms with Crippen molar-refractivity contribution in [2.75, 3.05) is 0 Å². The molecule has 76 valence electrons. The Kier molecular flexibility index (Phi) is 2.72. The summed E-state index contributed by atoms with van der Waals surface area (Å²) in [5.41, 5.74) is 0.843. The number of H-pyrrole nitrogens is 2. The third-order valence-electron chi connectivity index (χ3n) is 2.65. The summed E-state index contributed by atoms with van der Waals surface area (Å²) in [5.74, 6) is 0.830. The quantitative estimate of drug-likeness (QED) is 0.519. The Morgan fingerprint density at radius 3 is 2.86 bits per heavy atom. The number of imidazole rings is 1. The van der Waals surface area contributed by atoms with Crippen molar-refractivity contribution in [2.45, 2.75) is 25.7 Å². The second kappa shape index (κ2) is 4.00. The van der Waals surface area contributed by atoms with Gasteiger partial charge < -0.3 is 15.1 Å². The van der Waals surface area contributed by atoms with Gasteiger partial charge >= 0.3 is 0 Å². The van der Waals surface area contributed by atoms with Crippen LogP contribution in [0.3, 0.4) is 0 Å². The lowest BCUT2D eigenvalue weighted by Crippen LogP contribution is -2.06. The van der Waals surface area contributed by atoms with Crippen LogP contribution in [0.5, 0.6) is 5.88 Å². The lowest BCUT2D eigenvalue weighted by atomic mass is 9.90. The topological polar surface area (TPSA) is 51.8 Å². The van der Waals surface area contributed by atoms with Crippen LogP contribution in [0.1, 0.15) is 25.0 Å². The second-order valence-corrected chi connectivity index (χ2v) is 4.17. The zero-order valence-corrected chi connectivity index (χ0v) is 8.73. The predicted octanol–water partition coefficient (Wildman–Crippen LogP) is 2.68. The summed E-state index contributed by atoms with van der Waals surface area (Å²) in [7, 11) is 0. The molecule has 3 nitrogen and oxygen atoms in total. The molecule has 0 amide bonds. The third kappa shape index (κ3) is 2.07. The van der Waals surface area contributed by atoms with E-state index in [1.54, 1.807) is 0 Å². The van der Waals surface area contributed by atoms with Gasteiger partial charge in [-0.3, -0.25) is 0 Å². The molecule has 1 aromatic rings. The van der Waals surface area contributed by atoms with Crippen molar-refractivity contribution in [1.82, 2.24) is 9.97 Å². The van der Waals surface area contributed by atoms with Crippen LogP contribution in [-0.4, -0.2) is 15.1 Å². The number of rotatable bonds is 2. The Labute approximate surface area is 87.9 Å². The molecule has 0 spiro atoms. The number of hydrogen-bond acceptors (Lipinski definition) is 2. The van der Waals surface area contributed by atoms with Crippen LogP contribution in [-0.2, 0) is 6.42 Å². The van der Waals surface area contributed by atoms with Crippen molar-refractivity contribution >= 4 is 12.2 Å². The van der Waals surface area contributed by atoms with E-state index in [1.165, 1.54) is 6.42 Å². The molecule has 0 aliphatic heterocycles. The lowest BCUT2D eigenvalue weighted by molar-refractivity contribution is 0.426. The second-order valence-electron chi connectivity index (χ2n) is 3.76. The van der Waals surface area contributed by atoms with E-state index in [9.17, 15) is 5.11 Å². The van der Waals surface area contributed by atoms with E-state index in [1.807, 2.05) is 0 Å². The number of allylic oxidation sites excluding steroid dienone is 2. The highest BCUT2D eigenvalue weighted by atomic mass is 32.1. The largest absolute Gasteiger partial charge is 0.493 e. The number of aromatic hydroxyl groups is 1. The molecule has 1 aromatic heterocycles. The van der Waals surface area contributed by atoms with Gasteiger partial charge in [-0.2, -0.15) is 0 Å². The van der Waals surface area contributed by atoms with Gasteiger partial charge in [-0.25, -0.2) is 0 Å². The average Bonchev–Trinajstić information content (AvgIpc) is 2.47. The van der Waals surface area contributed by atoms with Crippen molar-refractivity contribution in [1.29, 1.82) is 0 Å². The van der Waals surface area contributed by atoms with Gasteiger partial charge in [-0.1, -0.05) is 12.2 Å². The summed E-state index contributed by atoms with van der Waals surface area (Å²) >= 11 is 4.90. The minimum Gasteiger partial charge on any atom is -0.493 e. The molecule has 1 heterocycles. The van der Waals surface area contributed by atoms with Gasteiger partial charge in [-0.05, 0) is 43.8 Å². The van der Waals surface area contributed by atoms with E-state index in [-0.39, 0.29) is 5.88 Å². The zero-order valence-electron chi connectivity index (χ0n) is 7.92. The molecule has 0 saturated carbocycles. The Morgan fingerprint density at radius 1 is 1.43 bits per heavy atom. The molecule has 1 aliphatic rings. The van der Waals surface area contributed by atoms with Crippen LogP contribution in [0.15, 0.2) is 12.2 Å². The fraction of sp³-hybridized carbons (Fsp3) is 0.500. The van der Waals surface area contributed by atoms with E-state index in [2.05, 4.69) is 22.1 Å². The number of nitrogens with one attached hydrogen (secondary N) is 2. The fourth-order valence-electron chi connectivity index (χ4n) is 1.89. The van der Waals surface area contributed by atoms with Gasteiger partial charge in [-0.15, -0.1) is 0 Å². The van der Waals surface area contributed by atoms with Crippen LogP contribution in [0.2, 0.25) is 0 Å². The highest BCUT2D eigenvalue weighted by Gasteiger charge is 2.14. The summed E-state index contributed by atoms with van der Waals surface area (Å²) in [6.07, 6.45) is 8.76. The van der Waals surface area contributed by atoms with Crippen LogP contribution in [0.4, 0.5) is 0 Å². The van der Waals surface area contributed by atoms with E-state index in [4.69, 9.17) is 12.2 Å². The van der Waals surface area contributed by atoms with Crippen molar-refractivity contribution < 1.29 is 5.11 Å². The first-order valence-corrected chi connectivity index (χ1v) is 5.31. The molecular formula is C10H14N2OS. The van der Waals surface area contributed by atoms with Gasteiger partial charge in [0.15, 0.2) is 4.77 Å². The van der Waals surface area contributed by atoms with Gasteiger partial charge in [0, 0.05) is 0 Å². The minimum atomic E-state index is 0.199. The Balaban J connectivity index is 2.06. The van der Waals surface area contributed by atoms with Crippen LogP contribution in [0.25, 0.3) is 0 Å². The molecule has 1 unspecified atom stereocenters. The predicted molar refractivity (Wildman–Crippen MR) is 57.8 cm³/mol. The Bertz CT molecular complexity index is 391. The standard InChI is InChI=1S/C10H14N2OS/c13-9-8(11-10(14)12-9)6-7-4-2-1-3-5-7/h1-2,7,13H,3-6H2,(H2,11,12,14). The van der Waals surface area contributed by atoms with Gasteiger partial charge in [0.05, 0.1) is 5.69 Å². The molecular weight excluding hydrogens is 196 g/mol. The Morgan fingerprint density at radius 2 is 2.29 bits per heavy atom. The minimum absolute atomic E-state index is 0.199. The smallest absolute Gasteiger partial charge is 0.210 e. The maximum Gasteiger partial charge on any atom is 0.210 e. The summed E-state index contributed by atoms with van der Waals surface area (Å²) < 4.78 is 0.504. The van der Waals surface area contributed by atoms with Crippen molar-refractivity contribution in [3.8, 4) is 5.88 Å². The third-order valence-corrected chi connectivity index (χ3v) is 2.86. The molecule has 0 aromatic carbocycles. The van der Waals surface area contributed by atoms with E-state index in [0.717, 1.165) is 25.0 Å². The molecule has 4 heteroatoms. The molecule has 2 rings (SSSR count). The summed E-state index contributed by atoms with van der Waals surface area (Å²) in [5, 5.41) is 9.49. The lowest BCUT2D eigenvalue weighted by Gasteiger charge is -2.16. The van der Waals surface area contributed by atoms with Gasteiger partial charge in [0.2, 0.25) is 5.88 Å². The molecule has 0 saturated heterocycles. The molecule has 1 atom stereocenters. The molecule has 14 heavy (non-hydrogen) atoms. The fourth-order valence-corrected chi connectivity index (χ4v) is 2.11.